The van der Waals surface area contributed by atoms with Crippen molar-refractivity contribution in [1.82, 2.24) is 4.98 Å². The molecule has 0 saturated heterocycles. The number of ether oxygens (including phenoxy) is 4. The Kier molecular flexibility index (Phi) is 6.83. The van der Waals surface area contributed by atoms with Gasteiger partial charge in [0.25, 0.3) is 5.56 Å². The number of aliphatic hydroxyl groups is 1. The van der Waals surface area contributed by atoms with Gasteiger partial charge in [-0.15, -0.1) is 0 Å². The summed E-state index contributed by atoms with van der Waals surface area (Å²) in [7, 11) is 3.91. The molecular weight excluding hydrogens is 542 g/mol. The normalized spacial score (nSPS) is 20.9. The lowest BCUT2D eigenvalue weighted by molar-refractivity contribution is -0.140. The molecule has 40 heavy (non-hydrogen) atoms. The summed E-state index contributed by atoms with van der Waals surface area (Å²) in [5.74, 6) is -4.52. The van der Waals surface area contributed by atoms with E-state index in [2.05, 4.69) is 4.98 Å². The number of carbonyl (C=O) groups is 3. The number of benzene rings is 2. The number of hydrogen-bond donors (Lipinski definition) is 2. The van der Waals surface area contributed by atoms with Crippen molar-refractivity contribution < 1.29 is 38.4 Å². The van der Waals surface area contributed by atoms with E-state index in [1.54, 1.807) is 37.3 Å². The zero-order chi connectivity index (χ0) is 28.9. The predicted molar refractivity (Wildman–Crippen MR) is 145 cm³/mol. The van der Waals surface area contributed by atoms with Crippen LogP contribution in [0.5, 0.6) is 17.2 Å². The van der Waals surface area contributed by atoms with E-state index in [1.807, 2.05) is 0 Å². The van der Waals surface area contributed by atoms with Gasteiger partial charge in [0.1, 0.15) is 22.1 Å². The third-order valence-electron chi connectivity index (χ3n) is 7.62. The van der Waals surface area contributed by atoms with Crippen molar-refractivity contribution in [1.29, 1.82) is 0 Å². The molecule has 0 amide bonds. The number of allylic oxidation sites excluding steroid dienone is 1. The number of Topliss-reactive ketones (excluding diaryl/α,β-unsaturated/α-hetero) is 2. The highest BCUT2D eigenvalue weighted by Crippen LogP contribution is 2.55. The molecule has 1 aliphatic carbocycles. The third-order valence-corrected chi connectivity index (χ3v) is 7.97. The topological polar surface area (TPSA) is 141 Å². The Morgan fingerprint density at radius 2 is 1.85 bits per heavy atom. The van der Waals surface area contributed by atoms with Crippen LogP contribution in [-0.4, -0.2) is 54.6 Å². The summed E-state index contributed by atoms with van der Waals surface area (Å²) in [5.41, 5.74) is -2.34. The second-order valence-electron chi connectivity index (χ2n) is 9.73. The Morgan fingerprint density at radius 1 is 1.15 bits per heavy atom. The van der Waals surface area contributed by atoms with Crippen LogP contribution in [0.25, 0.3) is 10.9 Å². The molecule has 10 nitrogen and oxygen atoms in total. The summed E-state index contributed by atoms with van der Waals surface area (Å²) in [6.45, 7) is 1.59. The van der Waals surface area contributed by atoms with Crippen LogP contribution >= 0.6 is 11.6 Å². The number of fused-ring (bicyclic) bond motifs is 2. The van der Waals surface area contributed by atoms with Crippen LogP contribution < -0.4 is 19.8 Å². The maximum absolute atomic E-state index is 14.1. The molecule has 0 bridgehead atoms. The van der Waals surface area contributed by atoms with Crippen molar-refractivity contribution in [3.8, 4) is 17.2 Å². The minimum absolute atomic E-state index is 0.0148. The number of pyridine rings is 1. The van der Waals surface area contributed by atoms with Crippen molar-refractivity contribution in [3.63, 3.8) is 0 Å². The number of aromatic amines is 1. The van der Waals surface area contributed by atoms with E-state index in [0.29, 0.717) is 10.9 Å². The summed E-state index contributed by atoms with van der Waals surface area (Å²) in [4.78, 5) is 56.2. The van der Waals surface area contributed by atoms with Gasteiger partial charge in [0, 0.05) is 41.0 Å². The number of ketones is 2. The minimum atomic E-state index is -2.06. The Hall–Kier alpha value is -4.31. The zero-order valence-corrected chi connectivity index (χ0v) is 22.9. The fourth-order valence-corrected chi connectivity index (χ4v) is 5.84. The van der Waals surface area contributed by atoms with Gasteiger partial charge in [-0.05, 0) is 17.5 Å². The summed E-state index contributed by atoms with van der Waals surface area (Å²) < 4.78 is 21.7. The fourth-order valence-electron chi connectivity index (χ4n) is 5.58. The molecule has 0 saturated carbocycles. The number of rotatable bonds is 6. The lowest BCUT2D eigenvalue weighted by Gasteiger charge is -2.38. The molecule has 2 aliphatic rings. The van der Waals surface area contributed by atoms with Crippen LogP contribution in [0.4, 0.5) is 0 Å². The van der Waals surface area contributed by atoms with Crippen LogP contribution in [0.2, 0.25) is 5.02 Å². The van der Waals surface area contributed by atoms with Gasteiger partial charge < -0.3 is 29.0 Å². The van der Waals surface area contributed by atoms with Crippen molar-refractivity contribution >= 4 is 40.0 Å². The predicted octanol–water partition coefficient (Wildman–Crippen LogP) is 4.28. The second kappa shape index (κ2) is 10.0. The lowest BCUT2D eigenvalue weighted by atomic mass is 9.69. The van der Waals surface area contributed by atoms with Gasteiger partial charge in [0.2, 0.25) is 11.4 Å². The molecule has 2 aromatic carbocycles. The van der Waals surface area contributed by atoms with Crippen molar-refractivity contribution in [3.05, 3.63) is 74.2 Å². The molecule has 1 aromatic heterocycles. The molecule has 5 rings (SSSR count). The van der Waals surface area contributed by atoms with E-state index < -0.39 is 52.7 Å². The smallest absolute Gasteiger partial charge is 0.306 e. The number of aliphatic hydroxyl groups excluding tert-OH is 1. The van der Waals surface area contributed by atoms with Crippen LogP contribution in [0.3, 0.4) is 0 Å². The molecule has 1 spiro atoms. The molecule has 11 heteroatoms. The van der Waals surface area contributed by atoms with Crippen molar-refractivity contribution in [2.75, 3.05) is 21.3 Å². The van der Waals surface area contributed by atoms with Crippen LogP contribution in [-0.2, 0) is 14.3 Å². The number of H-pyrrole nitrogens is 1. The first-order valence-electron chi connectivity index (χ1n) is 12.4. The van der Waals surface area contributed by atoms with Gasteiger partial charge in [-0.2, -0.15) is 0 Å². The van der Waals surface area contributed by atoms with E-state index in [1.165, 1.54) is 27.4 Å². The number of halogens is 1. The van der Waals surface area contributed by atoms with Gasteiger partial charge >= 0.3 is 5.97 Å². The quantitative estimate of drug-likeness (QED) is 0.417. The highest BCUT2D eigenvalue weighted by Gasteiger charge is 2.61. The monoisotopic (exact) mass is 567 g/mol. The number of aromatic nitrogens is 1. The highest BCUT2D eigenvalue weighted by atomic mass is 35.5. The van der Waals surface area contributed by atoms with E-state index in [9.17, 15) is 24.3 Å². The number of para-hydroxylation sites is 1. The first-order valence-corrected chi connectivity index (χ1v) is 12.8. The SMILES string of the molecule is COC(=O)CC(C1=C(O)C2(Oc3c(Cl)c(OC)cc(OC)c3C2=O)C(C)CC1=O)c1cc2ccccc2[nH]c1=O. The molecule has 2 heterocycles. The Labute approximate surface area is 233 Å². The van der Waals surface area contributed by atoms with Gasteiger partial charge in [-0.3, -0.25) is 19.2 Å². The van der Waals surface area contributed by atoms with Crippen LogP contribution in [0, 0.1) is 5.92 Å². The molecule has 1 aliphatic heterocycles. The summed E-state index contributed by atoms with van der Waals surface area (Å²) in [6, 6.07) is 9.97. The Bertz CT molecular complexity index is 1670. The average Bonchev–Trinajstić information content (AvgIpc) is 3.26. The summed E-state index contributed by atoms with van der Waals surface area (Å²) in [5, 5.41) is 12.5. The second-order valence-corrected chi connectivity index (χ2v) is 10.1. The number of nitrogens with one attached hydrogen (secondary N) is 1. The van der Waals surface area contributed by atoms with Gasteiger partial charge in [0.15, 0.2) is 17.3 Å². The van der Waals surface area contributed by atoms with Gasteiger partial charge in [-0.1, -0.05) is 36.7 Å². The summed E-state index contributed by atoms with van der Waals surface area (Å²) >= 11 is 6.50. The van der Waals surface area contributed by atoms with E-state index >= 15 is 0 Å². The highest BCUT2D eigenvalue weighted by molar-refractivity contribution is 6.35. The molecule has 3 unspecified atom stereocenters. The van der Waals surface area contributed by atoms with Crippen LogP contribution in [0.15, 0.2) is 52.5 Å². The maximum atomic E-state index is 14.1. The van der Waals surface area contributed by atoms with Gasteiger partial charge in [0.05, 0.1) is 27.8 Å². The van der Waals surface area contributed by atoms with Crippen molar-refractivity contribution in [2.45, 2.75) is 31.3 Å². The lowest BCUT2D eigenvalue weighted by Crippen LogP contribution is -2.53. The van der Waals surface area contributed by atoms with E-state index in [4.69, 9.17) is 30.5 Å². The largest absolute Gasteiger partial charge is 0.507 e. The first kappa shape index (κ1) is 27.3. The molecule has 208 valence electrons. The molecule has 3 aromatic rings. The number of carbonyl (C=O) groups excluding carboxylic acids is 3. The van der Waals surface area contributed by atoms with E-state index in [-0.39, 0.29) is 45.4 Å². The number of hydrogen-bond acceptors (Lipinski definition) is 9. The first-order chi connectivity index (χ1) is 19.1. The van der Waals surface area contributed by atoms with Crippen molar-refractivity contribution in [2.24, 2.45) is 5.92 Å². The summed E-state index contributed by atoms with van der Waals surface area (Å²) in [6.07, 6.45) is -0.675. The average molecular weight is 568 g/mol. The van der Waals surface area contributed by atoms with E-state index in [0.717, 1.165) is 0 Å². The Balaban J connectivity index is 1.76. The maximum Gasteiger partial charge on any atom is 0.306 e. The molecular formula is C29H26ClNO9. The molecule has 0 fully saturated rings. The third kappa shape index (κ3) is 3.93. The fraction of sp³-hybridized carbons (Fsp3) is 0.310. The molecule has 0 radical (unpaired) electrons. The minimum Gasteiger partial charge on any atom is -0.507 e. The van der Waals surface area contributed by atoms with Crippen LogP contribution in [0.1, 0.15) is 41.6 Å². The standard InChI is InChI=1S/C29H26ClNO9/c1-13-9-18(32)22(15(11-21(33)39-4)16-10-14-7-5-6-8-17(14)31-28(16)36)26(34)29(13)27(35)23-19(37-2)12-20(38-3)24(30)25(23)40-29/h5-8,10,12-13,15,34H,9,11H2,1-4H3,(H,31,36). The van der Waals surface area contributed by atoms with Gasteiger partial charge in [-0.25, -0.2) is 0 Å². The molecule has 2 N–H and O–H groups in total. The number of methoxy groups -OCH3 is 3. The molecule has 3 atom stereocenters. The zero-order valence-electron chi connectivity index (χ0n) is 22.1. The number of esters is 1. The Morgan fingerprint density at radius 3 is 2.52 bits per heavy atom.